The van der Waals surface area contributed by atoms with Crippen molar-refractivity contribution in [1.82, 2.24) is 0 Å². The zero-order valence-corrected chi connectivity index (χ0v) is 48.8. The van der Waals surface area contributed by atoms with Gasteiger partial charge in [-0.2, -0.15) is 0 Å². The molecular formula is C64H107O11P. The Kier molecular flexibility index (Phi) is 54.4. The van der Waals surface area contributed by atoms with E-state index in [4.69, 9.17) is 23.3 Å². The van der Waals surface area contributed by atoms with Crippen LogP contribution >= 0.6 is 7.82 Å². The molecule has 0 heterocycles. The molecule has 0 fully saturated rings. The summed E-state index contributed by atoms with van der Waals surface area (Å²) in [5.41, 5.74) is 0. The molecule has 2 N–H and O–H groups in total. The third kappa shape index (κ3) is 54.9. The van der Waals surface area contributed by atoms with Crippen molar-refractivity contribution in [1.29, 1.82) is 0 Å². The Labute approximate surface area is 463 Å². The molecule has 0 saturated carbocycles. The van der Waals surface area contributed by atoms with Gasteiger partial charge in [-0.3, -0.25) is 23.4 Å². The molecule has 0 radical (unpaired) electrons. The molecule has 0 aromatic carbocycles. The molecule has 0 aromatic heterocycles. The second-order valence-corrected chi connectivity index (χ2v) is 20.9. The van der Waals surface area contributed by atoms with Crippen LogP contribution in [0.25, 0.3) is 0 Å². The first-order chi connectivity index (χ1) is 37.2. The zero-order chi connectivity index (χ0) is 55.5. The molecule has 0 aliphatic rings. The molecule has 0 bridgehead atoms. The van der Waals surface area contributed by atoms with Gasteiger partial charge in [0.25, 0.3) is 0 Å². The van der Waals surface area contributed by atoms with Gasteiger partial charge < -0.3 is 24.2 Å². The zero-order valence-electron chi connectivity index (χ0n) is 47.9. The van der Waals surface area contributed by atoms with Gasteiger partial charge >= 0.3 is 25.7 Å². The highest BCUT2D eigenvalue weighted by Crippen LogP contribution is 2.43. The number of esters is 3. The van der Waals surface area contributed by atoms with E-state index < -0.39 is 57.8 Å². The van der Waals surface area contributed by atoms with Gasteiger partial charge in [-0.25, -0.2) is 4.57 Å². The fraction of sp³-hybridized carbons (Fsp3) is 0.672. The highest BCUT2D eigenvalue weighted by atomic mass is 31.2. The lowest BCUT2D eigenvalue weighted by Crippen LogP contribution is -2.30. The third-order valence-corrected chi connectivity index (χ3v) is 13.1. The van der Waals surface area contributed by atoms with E-state index in [0.717, 1.165) is 116 Å². The van der Waals surface area contributed by atoms with Crippen molar-refractivity contribution < 1.29 is 52.2 Å². The Morgan fingerprint density at radius 2 is 0.737 bits per heavy atom. The van der Waals surface area contributed by atoms with Gasteiger partial charge in [0, 0.05) is 12.8 Å². The summed E-state index contributed by atoms with van der Waals surface area (Å²) >= 11 is 0. The number of allylic oxidation sites excluding steroid dienone is 17. The molecule has 434 valence electrons. The number of ether oxygens (including phenoxy) is 3. The van der Waals surface area contributed by atoms with Gasteiger partial charge in [-0.15, -0.1) is 0 Å². The van der Waals surface area contributed by atoms with Crippen LogP contribution in [0.4, 0.5) is 0 Å². The quantitative estimate of drug-likeness (QED) is 0.0197. The molecule has 3 atom stereocenters. The summed E-state index contributed by atoms with van der Waals surface area (Å²) in [5.74, 6) is -1.65. The smallest absolute Gasteiger partial charge is 0.462 e. The van der Waals surface area contributed by atoms with Crippen molar-refractivity contribution in [2.75, 3.05) is 26.4 Å². The second kappa shape index (κ2) is 57.3. The molecule has 0 aromatic rings. The molecule has 11 nitrogen and oxygen atoms in total. The third-order valence-electron chi connectivity index (χ3n) is 12.2. The highest BCUT2D eigenvalue weighted by Gasteiger charge is 2.28. The van der Waals surface area contributed by atoms with Crippen LogP contribution in [0.1, 0.15) is 239 Å². The number of hydrogen-bond donors (Lipinski definition) is 2. The molecule has 3 unspecified atom stereocenters. The number of phosphoric ester groups is 1. The number of aliphatic hydroxyl groups excluding tert-OH is 1. The van der Waals surface area contributed by atoms with Crippen molar-refractivity contribution in [3.63, 3.8) is 0 Å². The SMILES string of the molecule is CC/C=C\C/C=C\C/C=C\C/C=C\C/C=C\CC(=O)OC(COC(=O)CCCCCCCC/C=C\C/C=C\C/C=C\CCCCC)COP(=O)(O)OCC(CO)OC(=O)CCCCCCC/C=C\CCCCCCCC. The topological polar surface area (TPSA) is 155 Å². The average molecular weight is 1080 g/mol. The molecular weight excluding hydrogens is 976 g/mol. The van der Waals surface area contributed by atoms with Crippen LogP contribution in [0.3, 0.4) is 0 Å². The van der Waals surface area contributed by atoms with E-state index in [9.17, 15) is 28.9 Å². The molecule has 12 heteroatoms. The lowest BCUT2D eigenvalue weighted by atomic mass is 10.1. The van der Waals surface area contributed by atoms with Crippen LogP contribution in [-0.4, -0.2) is 66.5 Å². The normalized spacial score (nSPS) is 14.1. The monoisotopic (exact) mass is 1080 g/mol. The number of carbonyl (C=O) groups is 3. The summed E-state index contributed by atoms with van der Waals surface area (Å²) in [4.78, 5) is 48.5. The Hall–Kier alpha value is -3.86. The van der Waals surface area contributed by atoms with Crippen molar-refractivity contribution in [3.05, 3.63) is 109 Å². The van der Waals surface area contributed by atoms with E-state index in [1.165, 1.54) is 64.2 Å². The van der Waals surface area contributed by atoms with Crippen molar-refractivity contribution in [2.24, 2.45) is 0 Å². The lowest BCUT2D eigenvalue weighted by molar-refractivity contribution is -0.160. The van der Waals surface area contributed by atoms with Gasteiger partial charge in [-0.05, 0) is 109 Å². The Balaban J connectivity index is 4.84. The van der Waals surface area contributed by atoms with Crippen LogP contribution in [0.2, 0.25) is 0 Å². The van der Waals surface area contributed by atoms with E-state index in [2.05, 4.69) is 106 Å². The van der Waals surface area contributed by atoms with Gasteiger partial charge in [0.05, 0.1) is 26.2 Å². The van der Waals surface area contributed by atoms with Gasteiger partial charge in [0.1, 0.15) is 12.7 Å². The highest BCUT2D eigenvalue weighted by molar-refractivity contribution is 7.47. The van der Waals surface area contributed by atoms with Crippen LogP contribution < -0.4 is 0 Å². The van der Waals surface area contributed by atoms with Crippen LogP contribution in [0, 0.1) is 0 Å². The summed E-state index contributed by atoms with van der Waals surface area (Å²) in [6.45, 7) is 4.36. The van der Waals surface area contributed by atoms with Crippen molar-refractivity contribution >= 4 is 25.7 Å². The first-order valence-corrected chi connectivity index (χ1v) is 31.3. The fourth-order valence-electron chi connectivity index (χ4n) is 7.67. The number of carbonyl (C=O) groups excluding carboxylic acids is 3. The maximum atomic E-state index is 12.9. The number of aliphatic hydroxyl groups is 1. The lowest BCUT2D eigenvalue weighted by Gasteiger charge is -2.21. The second-order valence-electron chi connectivity index (χ2n) is 19.4. The van der Waals surface area contributed by atoms with E-state index in [-0.39, 0.29) is 25.9 Å². The summed E-state index contributed by atoms with van der Waals surface area (Å²) in [6.07, 6.45) is 69.3. The minimum absolute atomic E-state index is 0.0726. The predicted molar refractivity (Wildman–Crippen MR) is 316 cm³/mol. The van der Waals surface area contributed by atoms with Crippen LogP contribution in [0.15, 0.2) is 109 Å². The molecule has 76 heavy (non-hydrogen) atoms. The number of phosphoric acid groups is 1. The van der Waals surface area contributed by atoms with E-state index >= 15 is 0 Å². The Morgan fingerprint density at radius 1 is 0.395 bits per heavy atom. The molecule has 0 saturated heterocycles. The molecule has 0 spiro atoms. The first kappa shape index (κ1) is 72.1. The summed E-state index contributed by atoms with van der Waals surface area (Å²) in [6, 6.07) is 0. The Morgan fingerprint density at radius 3 is 1.20 bits per heavy atom. The summed E-state index contributed by atoms with van der Waals surface area (Å²) in [5, 5.41) is 9.82. The minimum Gasteiger partial charge on any atom is -0.462 e. The molecule has 0 amide bonds. The first-order valence-electron chi connectivity index (χ1n) is 29.8. The van der Waals surface area contributed by atoms with Crippen molar-refractivity contribution in [3.8, 4) is 0 Å². The fourth-order valence-corrected chi connectivity index (χ4v) is 8.45. The molecule has 0 aliphatic carbocycles. The number of rotatable bonds is 54. The summed E-state index contributed by atoms with van der Waals surface area (Å²) in [7, 11) is -4.78. The average Bonchev–Trinajstić information content (AvgIpc) is 3.41. The van der Waals surface area contributed by atoms with Gasteiger partial charge in [-0.1, -0.05) is 220 Å². The standard InChI is InChI=1S/C64H107O11P/c1-4-7-10-13-16-19-22-25-28-29-30-31-34-35-38-41-44-47-50-53-62(66)71-57-61(75-64(68)55-52-49-46-43-40-37-33-27-24-21-18-15-12-9-6-3)59-73-76(69,70)72-58-60(56-65)74-63(67)54-51-48-45-42-39-36-32-26-23-20-17-14-11-8-5-2/h9,12,16,18-19,21,25-28,30-33,40,43,49,52,60-61,65H,4-8,10-11,13-15,17,20,22-24,29,34-39,41-42,44-48,50-51,53-59H2,1-3H3,(H,69,70)/b12-9-,19-16-,21-18-,28-25-,31-30-,32-26-,33-27-,43-40-,52-49-. The summed E-state index contributed by atoms with van der Waals surface area (Å²) < 4.78 is 39.4. The van der Waals surface area contributed by atoms with Gasteiger partial charge in [0.2, 0.25) is 0 Å². The maximum absolute atomic E-state index is 12.9. The van der Waals surface area contributed by atoms with E-state index in [1.54, 1.807) is 6.08 Å². The van der Waals surface area contributed by atoms with E-state index in [0.29, 0.717) is 19.3 Å². The van der Waals surface area contributed by atoms with Crippen LogP contribution in [0.5, 0.6) is 0 Å². The largest absolute Gasteiger partial charge is 0.472 e. The van der Waals surface area contributed by atoms with Crippen LogP contribution in [-0.2, 0) is 42.2 Å². The predicted octanol–water partition coefficient (Wildman–Crippen LogP) is 17.8. The Bertz CT molecular complexity index is 1690. The molecule has 0 rings (SSSR count). The van der Waals surface area contributed by atoms with E-state index in [1.807, 2.05) is 18.2 Å². The number of hydrogen-bond acceptors (Lipinski definition) is 10. The van der Waals surface area contributed by atoms with Crippen molar-refractivity contribution in [2.45, 2.75) is 251 Å². The minimum atomic E-state index is -4.78. The molecule has 0 aliphatic heterocycles. The number of unbranched alkanes of at least 4 members (excludes halogenated alkanes) is 20. The maximum Gasteiger partial charge on any atom is 0.472 e. The van der Waals surface area contributed by atoms with Gasteiger partial charge in [0.15, 0.2) is 6.10 Å².